The summed E-state index contributed by atoms with van der Waals surface area (Å²) in [6.45, 7) is 0. The molecule has 0 fully saturated rings. The smallest absolute Gasteiger partial charge is 0.341 e. The van der Waals surface area contributed by atoms with E-state index < -0.39 is 5.97 Å². The number of fused-ring (bicyclic) bond motifs is 1. The number of hydrogen-bond donors (Lipinski definition) is 1. The Labute approximate surface area is 97.6 Å². The highest BCUT2D eigenvalue weighted by molar-refractivity contribution is 6.06. The molecule has 5 heteroatoms. The van der Waals surface area contributed by atoms with Crippen molar-refractivity contribution in [1.82, 2.24) is 4.98 Å². The lowest BCUT2D eigenvalue weighted by Crippen LogP contribution is -2.05. The zero-order valence-electron chi connectivity index (χ0n) is 9.43. The van der Waals surface area contributed by atoms with Crippen molar-refractivity contribution in [1.29, 1.82) is 0 Å². The second-order valence-electron chi connectivity index (χ2n) is 3.36. The first-order valence-electron chi connectivity index (χ1n) is 4.93. The minimum absolute atomic E-state index is 0.0453. The number of benzene rings is 1. The molecule has 0 atom stereocenters. The van der Waals surface area contributed by atoms with Crippen molar-refractivity contribution in [2.45, 2.75) is 0 Å². The summed E-state index contributed by atoms with van der Waals surface area (Å²) in [5.41, 5.74) is 0.0453. The molecule has 0 saturated heterocycles. The molecular weight excluding hydrogens is 222 g/mol. The zero-order chi connectivity index (χ0) is 12.4. The van der Waals surface area contributed by atoms with Crippen LogP contribution in [0.3, 0.4) is 0 Å². The number of ether oxygens (including phenoxy) is 2. The van der Waals surface area contributed by atoms with Crippen LogP contribution in [0.4, 0.5) is 0 Å². The number of carbonyl (C=O) groups is 1. The molecule has 1 N–H and O–H groups in total. The second-order valence-corrected chi connectivity index (χ2v) is 3.36. The minimum Gasteiger partial charge on any atom is -0.480 e. The minimum atomic E-state index is -1.08. The van der Waals surface area contributed by atoms with Crippen LogP contribution in [-0.2, 0) is 0 Å². The fraction of sp³-hybridized carbons (Fsp3) is 0.167. The molecule has 1 heterocycles. The molecule has 0 amide bonds. The van der Waals surface area contributed by atoms with E-state index in [1.165, 1.54) is 14.2 Å². The van der Waals surface area contributed by atoms with Crippen molar-refractivity contribution in [2.75, 3.05) is 14.2 Å². The summed E-state index contributed by atoms with van der Waals surface area (Å²) in [7, 11) is 2.86. The Balaban J connectivity index is 2.90. The Kier molecular flexibility index (Phi) is 2.82. The summed E-state index contributed by atoms with van der Waals surface area (Å²) >= 11 is 0. The summed E-state index contributed by atoms with van der Waals surface area (Å²) in [6.07, 6.45) is 0. The standard InChI is InChI=1S/C12H11NO4/c1-16-10-8-6-4-3-5-7(8)9(12(14)15)11(13-10)17-2/h3-6H,1-2H3,(H,14,15). The Hall–Kier alpha value is -2.30. The molecule has 5 nitrogen and oxygen atoms in total. The lowest BCUT2D eigenvalue weighted by molar-refractivity contribution is 0.0694. The number of nitrogens with zero attached hydrogens (tertiary/aromatic N) is 1. The SMILES string of the molecule is COc1nc(OC)c2ccccc2c1C(=O)O. The third-order valence-electron chi connectivity index (χ3n) is 2.44. The fourth-order valence-electron chi connectivity index (χ4n) is 1.72. The van der Waals surface area contributed by atoms with Crippen molar-refractivity contribution in [3.8, 4) is 11.8 Å². The van der Waals surface area contributed by atoms with E-state index >= 15 is 0 Å². The monoisotopic (exact) mass is 233 g/mol. The third kappa shape index (κ3) is 1.75. The van der Waals surface area contributed by atoms with Crippen LogP contribution in [-0.4, -0.2) is 30.3 Å². The molecule has 1 aromatic heterocycles. The van der Waals surface area contributed by atoms with Crippen LogP contribution < -0.4 is 9.47 Å². The van der Waals surface area contributed by atoms with E-state index in [1.807, 2.05) is 0 Å². The maximum absolute atomic E-state index is 11.2. The van der Waals surface area contributed by atoms with Crippen LogP contribution in [0.2, 0.25) is 0 Å². The van der Waals surface area contributed by atoms with Gasteiger partial charge in [0.15, 0.2) is 0 Å². The van der Waals surface area contributed by atoms with Crippen molar-refractivity contribution in [3.63, 3.8) is 0 Å². The Morgan fingerprint density at radius 2 is 1.71 bits per heavy atom. The van der Waals surface area contributed by atoms with E-state index in [9.17, 15) is 9.90 Å². The highest BCUT2D eigenvalue weighted by Crippen LogP contribution is 2.32. The molecule has 0 radical (unpaired) electrons. The molecule has 0 spiro atoms. The summed E-state index contributed by atoms with van der Waals surface area (Å²) in [5.74, 6) is -0.677. The number of carboxylic acid groups (broad SMARTS) is 1. The first kappa shape index (κ1) is 11.2. The van der Waals surface area contributed by atoms with Gasteiger partial charge in [-0.15, -0.1) is 0 Å². The maximum atomic E-state index is 11.2. The predicted molar refractivity (Wildman–Crippen MR) is 61.8 cm³/mol. The molecule has 1 aromatic carbocycles. The number of aromatic carboxylic acids is 1. The molecule has 0 aliphatic carbocycles. The van der Waals surface area contributed by atoms with Gasteiger partial charge in [0, 0.05) is 10.8 Å². The van der Waals surface area contributed by atoms with Gasteiger partial charge >= 0.3 is 5.97 Å². The quantitative estimate of drug-likeness (QED) is 0.877. The first-order chi connectivity index (χ1) is 8.19. The molecular formula is C12H11NO4. The molecule has 0 aliphatic heterocycles. The number of hydrogen-bond acceptors (Lipinski definition) is 4. The van der Waals surface area contributed by atoms with Crippen LogP contribution in [0.1, 0.15) is 10.4 Å². The Bertz CT molecular complexity index is 580. The summed E-state index contributed by atoms with van der Waals surface area (Å²) < 4.78 is 10.1. The Morgan fingerprint density at radius 1 is 1.12 bits per heavy atom. The number of rotatable bonds is 3. The van der Waals surface area contributed by atoms with E-state index in [0.717, 1.165) is 0 Å². The molecule has 2 aromatic rings. The predicted octanol–water partition coefficient (Wildman–Crippen LogP) is 1.95. The molecule has 0 aliphatic rings. The second kappa shape index (κ2) is 4.29. The maximum Gasteiger partial charge on any atom is 0.341 e. The lowest BCUT2D eigenvalue weighted by Gasteiger charge is -2.10. The van der Waals surface area contributed by atoms with Gasteiger partial charge in [0.2, 0.25) is 11.8 Å². The van der Waals surface area contributed by atoms with Crippen molar-refractivity contribution < 1.29 is 19.4 Å². The highest BCUT2D eigenvalue weighted by Gasteiger charge is 2.19. The van der Waals surface area contributed by atoms with Gasteiger partial charge < -0.3 is 14.6 Å². The zero-order valence-corrected chi connectivity index (χ0v) is 9.43. The average molecular weight is 233 g/mol. The van der Waals surface area contributed by atoms with Crippen LogP contribution in [0.5, 0.6) is 11.8 Å². The average Bonchev–Trinajstić information content (AvgIpc) is 2.36. The van der Waals surface area contributed by atoms with E-state index in [0.29, 0.717) is 16.7 Å². The van der Waals surface area contributed by atoms with Gasteiger partial charge in [-0.25, -0.2) is 4.79 Å². The molecule has 2 rings (SSSR count). The number of pyridine rings is 1. The van der Waals surface area contributed by atoms with Gasteiger partial charge in [0.25, 0.3) is 0 Å². The van der Waals surface area contributed by atoms with Gasteiger partial charge in [-0.1, -0.05) is 18.2 Å². The van der Waals surface area contributed by atoms with Crippen molar-refractivity contribution >= 4 is 16.7 Å². The van der Waals surface area contributed by atoms with Crippen molar-refractivity contribution in [3.05, 3.63) is 29.8 Å². The topological polar surface area (TPSA) is 68.7 Å². The summed E-state index contributed by atoms with van der Waals surface area (Å²) in [4.78, 5) is 15.3. The molecule has 0 unspecified atom stereocenters. The number of aromatic nitrogens is 1. The molecule has 0 bridgehead atoms. The van der Waals surface area contributed by atoms with E-state index in [4.69, 9.17) is 9.47 Å². The van der Waals surface area contributed by atoms with Gasteiger partial charge in [0.1, 0.15) is 5.56 Å². The summed E-state index contributed by atoms with van der Waals surface area (Å²) in [5, 5.41) is 10.4. The van der Waals surface area contributed by atoms with Crippen LogP contribution in [0.25, 0.3) is 10.8 Å². The van der Waals surface area contributed by atoms with Gasteiger partial charge in [-0.2, -0.15) is 4.98 Å². The van der Waals surface area contributed by atoms with E-state index in [2.05, 4.69) is 4.98 Å². The van der Waals surface area contributed by atoms with E-state index in [-0.39, 0.29) is 11.4 Å². The van der Waals surface area contributed by atoms with Gasteiger partial charge in [-0.05, 0) is 6.07 Å². The lowest BCUT2D eigenvalue weighted by atomic mass is 10.1. The normalized spacial score (nSPS) is 10.2. The first-order valence-corrected chi connectivity index (χ1v) is 4.93. The van der Waals surface area contributed by atoms with Gasteiger partial charge in [0.05, 0.1) is 14.2 Å². The Morgan fingerprint density at radius 3 is 2.24 bits per heavy atom. The van der Waals surface area contributed by atoms with Crippen molar-refractivity contribution in [2.24, 2.45) is 0 Å². The van der Waals surface area contributed by atoms with Crippen LogP contribution in [0, 0.1) is 0 Å². The van der Waals surface area contributed by atoms with Crippen LogP contribution in [0.15, 0.2) is 24.3 Å². The molecule has 0 saturated carbocycles. The third-order valence-corrected chi connectivity index (χ3v) is 2.44. The van der Waals surface area contributed by atoms with Gasteiger partial charge in [-0.3, -0.25) is 0 Å². The highest BCUT2D eigenvalue weighted by atomic mass is 16.5. The number of methoxy groups -OCH3 is 2. The van der Waals surface area contributed by atoms with Crippen LogP contribution >= 0.6 is 0 Å². The summed E-state index contributed by atoms with van der Waals surface area (Å²) in [6, 6.07) is 7.01. The fourth-order valence-corrected chi connectivity index (χ4v) is 1.72. The molecule has 17 heavy (non-hydrogen) atoms. The molecule has 88 valence electrons. The number of carboxylic acids is 1. The van der Waals surface area contributed by atoms with E-state index in [1.54, 1.807) is 24.3 Å². The largest absolute Gasteiger partial charge is 0.480 e.